The van der Waals surface area contributed by atoms with Gasteiger partial charge in [-0.05, 0) is 31.9 Å². The third-order valence-corrected chi connectivity index (χ3v) is 4.62. The maximum absolute atomic E-state index is 12.7. The van der Waals surface area contributed by atoms with Gasteiger partial charge < -0.3 is 10.0 Å². The molecule has 1 saturated heterocycles. The lowest BCUT2D eigenvalue weighted by Gasteiger charge is -2.42. The highest BCUT2D eigenvalue weighted by atomic mass is 16.3. The molecule has 1 aliphatic heterocycles. The highest BCUT2D eigenvalue weighted by Crippen LogP contribution is 2.30. The second-order valence-corrected chi connectivity index (χ2v) is 6.21. The molecule has 2 aromatic heterocycles. The monoisotopic (exact) mass is 315 g/mol. The van der Waals surface area contributed by atoms with Gasteiger partial charge in [-0.2, -0.15) is 0 Å². The quantitative estimate of drug-likeness (QED) is 0.922. The average Bonchev–Trinajstić information content (AvgIpc) is 3.09. The van der Waals surface area contributed by atoms with E-state index < -0.39 is 5.60 Å². The molecule has 0 bridgehead atoms. The lowest BCUT2D eigenvalue weighted by molar-refractivity contribution is -0.0522. The first-order valence-corrected chi connectivity index (χ1v) is 7.85. The van der Waals surface area contributed by atoms with Crippen LogP contribution in [0, 0.1) is 5.92 Å². The molecule has 23 heavy (non-hydrogen) atoms. The van der Waals surface area contributed by atoms with Crippen LogP contribution in [0.1, 0.15) is 37.2 Å². The summed E-state index contributed by atoms with van der Waals surface area (Å²) in [5.41, 5.74) is -0.309. The van der Waals surface area contributed by atoms with Crippen molar-refractivity contribution in [3.63, 3.8) is 0 Å². The van der Waals surface area contributed by atoms with Crippen LogP contribution in [0.5, 0.6) is 0 Å². The van der Waals surface area contributed by atoms with Crippen LogP contribution in [-0.2, 0) is 0 Å². The van der Waals surface area contributed by atoms with Gasteiger partial charge in [-0.15, -0.1) is 10.2 Å². The van der Waals surface area contributed by atoms with E-state index in [1.807, 2.05) is 13.8 Å². The maximum atomic E-state index is 12.7. The Bertz CT molecular complexity index is 684. The first kappa shape index (κ1) is 15.6. The minimum atomic E-state index is -0.705. The van der Waals surface area contributed by atoms with Crippen molar-refractivity contribution in [2.24, 2.45) is 5.92 Å². The number of aliphatic hydroxyl groups is 1. The predicted molar refractivity (Wildman–Crippen MR) is 84.1 cm³/mol. The van der Waals surface area contributed by atoms with Crippen molar-refractivity contribution in [1.29, 1.82) is 0 Å². The molecule has 1 amide bonds. The Balaban J connectivity index is 1.80. The van der Waals surface area contributed by atoms with Gasteiger partial charge in [-0.1, -0.05) is 13.0 Å². The summed E-state index contributed by atoms with van der Waals surface area (Å²) < 4.78 is 1.66. The van der Waals surface area contributed by atoms with Gasteiger partial charge in [0, 0.05) is 19.0 Å². The molecular formula is C16H21N5O2. The smallest absolute Gasteiger partial charge is 0.272 e. The van der Waals surface area contributed by atoms with Gasteiger partial charge in [0.15, 0.2) is 0 Å². The zero-order valence-electron chi connectivity index (χ0n) is 13.4. The number of hydrogen-bond acceptors (Lipinski definition) is 5. The molecular weight excluding hydrogens is 294 g/mol. The Morgan fingerprint density at radius 3 is 2.83 bits per heavy atom. The standard InChI is InChI=1S/C16H21N5O2/c1-3-12-9-20(8-7-16(12,2)23)15(22)13-5-4-6-14(19-13)21-10-17-18-11-21/h4-6,10-12,23H,3,7-9H2,1-2H3/t12-,16+/m0/s1. The predicted octanol–water partition coefficient (Wildman–Crippen LogP) is 1.29. The second kappa shape index (κ2) is 6.08. The third-order valence-electron chi connectivity index (χ3n) is 4.62. The van der Waals surface area contributed by atoms with Crippen LogP contribution in [0.3, 0.4) is 0 Å². The minimum Gasteiger partial charge on any atom is -0.390 e. The number of pyridine rings is 1. The summed E-state index contributed by atoms with van der Waals surface area (Å²) in [6, 6.07) is 5.31. The Morgan fingerprint density at radius 1 is 1.39 bits per heavy atom. The fraction of sp³-hybridized carbons (Fsp3) is 0.500. The number of rotatable bonds is 3. The van der Waals surface area contributed by atoms with Gasteiger partial charge >= 0.3 is 0 Å². The fourth-order valence-electron chi connectivity index (χ4n) is 3.04. The number of carbonyl (C=O) groups is 1. The van der Waals surface area contributed by atoms with Gasteiger partial charge in [0.1, 0.15) is 24.2 Å². The first-order chi connectivity index (χ1) is 11.0. The summed E-state index contributed by atoms with van der Waals surface area (Å²) >= 11 is 0. The molecule has 0 aromatic carbocycles. The van der Waals surface area contributed by atoms with E-state index >= 15 is 0 Å². The molecule has 3 heterocycles. The van der Waals surface area contributed by atoms with Gasteiger partial charge in [-0.3, -0.25) is 9.36 Å². The van der Waals surface area contributed by atoms with Gasteiger partial charge in [-0.25, -0.2) is 4.98 Å². The van der Waals surface area contributed by atoms with Crippen molar-refractivity contribution in [2.75, 3.05) is 13.1 Å². The molecule has 3 rings (SSSR count). The number of nitrogens with zero attached hydrogens (tertiary/aromatic N) is 5. The van der Waals surface area contributed by atoms with E-state index in [4.69, 9.17) is 0 Å². The van der Waals surface area contributed by atoms with E-state index in [0.29, 0.717) is 31.0 Å². The van der Waals surface area contributed by atoms with Crippen LogP contribution in [0.4, 0.5) is 0 Å². The van der Waals surface area contributed by atoms with E-state index in [0.717, 1.165) is 6.42 Å². The number of piperidine rings is 1. The molecule has 7 heteroatoms. The van der Waals surface area contributed by atoms with Crippen LogP contribution >= 0.6 is 0 Å². The Kier molecular flexibility index (Phi) is 4.12. The average molecular weight is 315 g/mol. The van der Waals surface area contributed by atoms with Crippen LogP contribution in [-0.4, -0.2) is 54.4 Å². The van der Waals surface area contributed by atoms with Crippen LogP contribution in [0.2, 0.25) is 0 Å². The highest BCUT2D eigenvalue weighted by molar-refractivity contribution is 5.92. The van der Waals surface area contributed by atoms with Crippen LogP contribution in [0.15, 0.2) is 30.9 Å². The molecule has 0 radical (unpaired) electrons. The molecule has 0 saturated carbocycles. The lowest BCUT2D eigenvalue weighted by atomic mass is 9.81. The number of hydrogen-bond donors (Lipinski definition) is 1. The molecule has 1 N–H and O–H groups in total. The second-order valence-electron chi connectivity index (χ2n) is 6.21. The molecule has 2 atom stereocenters. The normalized spacial score (nSPS) is 24.7. The fourth-order valence-corrected chi connectivity index (χ4v) is 3.04. The zero-order valence-corrected chi connectivity index (χ0v) is 13.4. The Morgan fingerprint density at radius 2 is 2.13 bits per heavy atom. The van der Waals surface area contributed by atoms with Crippen molar-refractivity contribution >= 4 is 5.91 Å². The molecule has 0 spiro atoms. The van der Waals surface area contributed by atoms with Gasteiger partial charge in [0.2, 0.25) is 0 Å². The van der Waals surface area contributed by atoms with Crippen molar-refractivity contribution < 1.29 is 9.90 Å². The van der Waals surface area contributed by atoms with Gasteiger partial charge in [0.05, 0.1) is 5.60 Å². The lowest BCUT2D eigenvalue weighted by Crippen LogP contribution is -2.51. The largest absolute Gasteiger partial charge is 0.390 e. The molecule has 7 nitrogen and oxygen atoms in total. The minimum absolute atomic E-state index is 0.0845. The first-order valence-electron chi connectivity index (χ1n) is 7.85. The van der Waals surface area contributed by atoms with E-state index in [1.54, 1.807) is 40.3 Å². The Hall–Kier alpha value is -2.28. The van der Waals surface area contributed by atoms with E-state index in [-0.39, 0.29) is 11.8 Å². The SMILES string of the molecule is CC[C@H]1CN(C(=O)c2cccc(-n3cnnc3)n2)CC[C@@]1(C)O. The van der Waals surface area contributed by atoms with E-state index in [2.05, 4.69) is 15.2 Å². The number of likely N-dealkylation sites (tertiary alicyclic amines) is 1. The molecule has 2 aromatic rings. The molecule has 0 aliphatic carbocycles. The maximum Gasteiger partial charge on any atom is 0.272 e. The highest BCUT2D eigenvalue weighted by Gasteiger charge is 2.38. The topological polar surface area (TPSA) is 84.1 Å². The summed E-state index contributed by atoms with van der Waals surface area (Å²) in [6.45, 7) is 4.99. The molecule has 1 fully saturated rings. The summed E-state index contributed by atoms with van der Waals surface area (Å²) in [7, 11) is 0. The zero-order chi connectivity index (χ0) is 16.4. The molecule has 0 unspecified atom stereocenters. The summed E-state index contributed by atoms with van der Waals surface area (Å²) in [5.74, 6) is 0.590. The molecule has 122 valence electrons. The van der Waals surface area contributed by atoms with Crippen molar-refractivity contribution in [3.8, 4) is 5.82 Å². The van der Waals surface area contributed by atoms with Crippen molar-refractivity contribution in [1.82, 2.24) is 24.6 Å². The summed E-state index contributed by atoms with van der Waals surface area (Å²) in [5, 5.41) is 17.9. The van der Waals surface area contributed by atoms with Crippen LogP contribution in [0.25, 0.3) is 5.82 Å². The van der Waals surface area contributed by atoms with Crippen molar-refractivity contribution in [3.05, 3.63) is 36.5 Å². The van der Waals surface area contributed by atoms with Crippen LogP contribution < -0.4 is 0 Å². The van der Waals surface area contributed by atoms with Gasteiger partial charge in [0.25, 0.3) is 5.91 Å². The number of amides is 1. The Labute approximate surface area is 135 Å². The van der Waals surface area contributed by atoms with Crippen molar-refractivity contribution in [2.45, 2.75) is 32.3 Å². The molecule has 1 aliphatic rings. The van der Waals surface area contributed by atoms with E-state index in [9.17, 15) is 9.90 Å². The summed E-state index contributed by atoms with van der Waals surface area (Å²) in [4.78, 5) is 18.9. The van der Waals surface area contributed by atoms with E-state index in [1.165, 1.54) is 0 Å². The third kappa shape index (κ3) is 3.10. The number of carbonyl (C=O) groups excluding carboxylic acids is 1. The number of aromatic nitrogens is 4. The summed E-state index contributed by atoms with van der Waals surface area (Å²) in [6.07, 6.45) is 4.51.